The highest BCUT2D eigenvalue weighted by Crippen LogP contribution is 2.50. The van der Waals surface area contributed by atoms with E-state index in [-0.39, 0.29) is 12.3 Å². The average Bonchev–Trinajstić information content (AvgIpc) is 2.65. The molecule has 1 unspecified atom stereocenters. The molecule has 1 rings (SSSR count). The lowest BCUT2D eigenvalue weighted by molar-refractivity contribution is -0.384. The predicted molar refractivity (Wildman–Crippen MR) is 52.8 cm³/mol. The summed E-state index contributed by atoms with van der Waals surface area (Å²) in [4.78, 5) is 0. The first-order valence-corrected chi connectivity index (χ1v) is 5.86. The van der Waals surface area contributed by atoms with Crippen molar-refractivity contribution in [1.29, 1.82) is 0 Å². The van der Waals surface area contributed by atoms with Gasteiger partial charge in [0.15, 0.2) is 0 Å². The highest BCUT2D eigenvalue weighted by molar-refractivity contribution is 4.98. The molecule has 0 radical (unpaired) electrons. The van der Waals surface area contributed by atoms with Gasteiger partial charge >= 0.3 is 12.4 Å². The maximum atomic E-state index is 12.6. The van der Waals surface area contributed by atoms with Crippen LogP contribution < -0.4 is 0 Å². The Morgan fingerprint density at radius 3 is 1.72 bits per heavy atom. The maximum Gasteiger partial charge on any atom is 0.426 e. The molecular weight excluding hydrogens is 262 g/mol. The lowest BCUT2D eigenvalue weighted by Crippen LogP contribution is -2.61. The Morgan fingerprint density at radius 2 is 1.39 bits per heavy atom. The lowest BCUT2D eigenvalue weighted by Gasteiger charge is -2.38. The summed E-state index contributed by atoms with van der Waals surface area (Å²) >= 11 is 0. The summed E-state index contributed by atoms with van der Waals surface area (Å²) in [5.41, 5.74) is -4.61. The molecule has 0 amide bonds. The van der Waals surface area contributed by atoms with Gasteiger partial charge in [0.25, 0.3) is 5.60 Å². The smallest absolute Gasteiger partial charge is 0.373 e. The first-order chi connectivity index (χ1) is 8.00. The van der Waals surface area contributed by atoms with Crippen LogP contribution in [0.3, 0.4) is 0 Å². The third kappa shape index (κ3) is 2.75. The molecule has 18 heavy (non-hydrogen) atoms. The first-order valence-electron chi connectivity index (χ1n) is 5.86. The number of hydrogen-bond donors (Lipinski definition) is 1. The van der Waals surface area contributed by atoms with Crippen LogP contribution in [-0.4, -0.2) is 23.1 Å². The second-order valence-electron chi connectivity index (χ2n) is 5.05. The molecule has 0 aliphatic heterocycles. The molecule has 1 atom stereocenters. The number of rotatable bonds is 3. The van der Waals surface area contributed by atoms with E-state index in [1.807, 2.05) is 0 Å². The second-order valence-corrected chi connectivity index (χ2v) is 5.05. The van der Waals surface area contributed by atoms with Crippen LogP contribution in [0.25, 0.3) is 0 Å². The van der Waals surface area contributed by atoms with Crippen molar-refractivity contribution in [3.63, 3.8) is 0 Å². The van der Waals surface area contributed by atoms with Crippen LogP contribution >= 0.6 is 0 Å². The molecular formula is C11H16F6O. The zero-order valence-corrected chi connectivity index (χ0v) is 9.91. The second kappa shape index (κ2) is 4.90. The molecule has 0 heterocycles. The molecule has 0 aromatic carbocycles. The summed E-state index contributed by atoms with van der Waals surface area (Å²) in [5.74, 6) is -2.04. The van der Waals surface area contributed by atoms with Gasteiger partial charge in [0.2, 0.25) is 0 Å². The van der Waals surface area contributed by atoms with Crippen LogP contribution in [0.2, 0.25) is 0 Å². The molecule has 0 aromatic heterocycles. The minimum atomic E-state index is -5.71. The van der Waals surface area contributed by atoms with Gasteiger partial charge in [-0.25, -0.2) is 0 Å². The van der Waals surface area contributed by atoms with Gasteiger partial charge in [-0.15, -0.1) is 0 Å². The number of alkyl halides is 6. The highest BCUT2D eigenvalue weighted by Gasteiger charge is 2.72. The molecule has 0 spiro atoms. The standard InChI is InChI=1S/C11H16F6O/c1-7(6-8-4-2-3-5-8)9(18,10(12,13)14)11(15,16)17/h7-8,18H,2-6H2,1H3. The predicted octanol–water partition coefficient (Wildman–Crippen LogP) is 4.06. The Labute approximate surface area is 101 Å². The van der Waals surface area contributed by atoms with Crippen molar-refractivity contribution in [2.45, 2.75) is 57.0 Å². The van der Waals surface area contributed by atoms with Crippen LogP contribution in [-0.2, 0) is 0 Å². The summed E-state index contributed by atoms with van der Waals surface area (Å²) < 4.78 is 75.3. The number of halogens is 6. The molecule has 108 valence electrons. The van der Waals surface area contributed by atoms with E-state index in [4.69, 9.17) is 5.11 Å². The van der Waals surface area contributed by atoms with Crippen molar-refractivity contribution in [2.24, 2.45) is 11.8 Å². The lowest BCUT2D eigenvalue weighted by atomic mass is 9.80. The average molecular weight is 278 g/mol. The number of aliphatic hydroxyl groups is 1. The van der Waals surface area contributed by atoms with Crippen molar-refractivity contribution >= 4 is 0 Å². The van der Waals surface area contributed by atoms with Gasteiger partial charge in [0.1, 0.15) is 0 Å². The largest absolute Gasteiger partial charge is 0.426 e. The van der Waals surface area contributed by atoms with Gasteiger partial charge in [-0.2, -0.15) is 26.3 Å². The van der Waals surface area contributed by atoms with Crippen LogP contribution in [0.15, 0.2) is 0 Å². The third-order valence-electron chi connectivity index (χ3n) is 3.74. The summed E-state index contributed by atoms with van der Waals surface area (Å²) in [7, 11) is 0. The maximum absolute atomic E-state index is 12.6. The fraction of sp³-hybridized carbons (Fsp3) is 1.00. The van der Waals surface area contributed by atoms with Crippen molar-refractivity contribution < 1.29 is 31.4 Å². The summed E-state index contributed by atoms with van der Waals surface area (Å²) in [6.07, 6.45) is -8.74. The van der Waals surface area contributed by atoms with E-state index in [1.165, 1.54) is 0 Å². The molecule has 1 nitrogen and oxygen atoms in total. The molecule has 1 aliphatic carbocycles. The van der Waals surface area contributed by atoms with E-state index in [2.05, 4.69) is 0 Å². The van der Waals surface area contributed by atoms with Gasteiger partial charge in [-0.1, -0.05) is 32.6 Å². The molecule has 1 saturated carbocycles. The van der Waals surface area contributed by atoms with Crippen LogP contribution in [0, 0.1) is 11.8 Å². The van der Waals surface area contributed by atoms with Gasteiger partial charge in [0.05, 0.1) is 0 Å². The molecule has 1 aliphatic rings. The Morgan fingerprint density at radius 1 is 1.00 bits per heavy atom. The van der Waals surface area contributed by atoms with E-state index in [1.54, 1.807) is 0 Å². The van der Waals surface area contributed by atoms with Crippen molar-refractivity contribution in [1.82, 2.24) is 0 Å². The molecule has 1 N–H and O–H groups in total. The van der Waals surface area contributed by atoms with Gasteiger partial charge in [0, 0.05) is 5.92 Å². The van der Waals surface area contributed by atoms with Crippen molar-refractivity contribution in [2.75, 3.05) is 0 Å². The van der Waals surface area contributed by atoms with Gasteiger partial charge < -0.3 is 5.11 Å². The van der Waals surface area contributed by atoms with Crippen LogP contribution in [0.1, 0.15) is 39.0 Å². The highest BCUT2D eigenvalue weighted by atomic mass is 19.4. The van der Waals surface area contributed by atoms with Crippen LogP contribution in [0.4, 0.5) is 26.3 Å². The molecule has 0 bridgehead atoms. The zero-order valence-electron chi connectivity index (χ0n) is 9.91. The fourth-order valence-corrected chi connectivity index (χ4v) is 2.64. The Balaban J connectivity index is 2.89. The Kier molecular flexibility index (Phi) is 4.25. The quantitative estimate of drug-likeness (QED) is 0.772. The van der Waals surface area contributed by atoms with Crippen LogP contribution in [0.5, 0.6) is 0 Å². The van der Waals surface area contributed by atoms with E-state index in [0.717, 1.165) is 19.8 Å². The molecule has 7 heteroatoms. The fourth-order valence-electron chi connectivity index (χ4n) is 2.64. The monoisotopic (exact) mass is 278 g/mol. The minimum absolute atomic E-state index is 0.156. The summed E-state index contributed by atoms with van der Waals surface area (Å²) in [5, 5.41) is 9.16. The minimum Gasteiger partial charge on any atom is -0.373 e. The van der Waals surface area contributed by atoms with E-state index >= 15 is 0 Å². The molecule has 0 saturated heterocycles. The topological polar surface area (TPSA) is 20.2 Å². The normalized spacial score (nSPS) is 21.3. The third-order valence-corrected chi connectivity index (χ3v) is 3.74. The zero-order chi connectivity index (χ0) is 14.2. The molecule has 0 aromatic rings. The first kappa shape index (κ1) is 15.6. The number of hydrogen-bond acceptors (Lipinski definition) is 1. The summed E-state index contributed by atoms with van der Waals surface area (Å²) in [6.45, 7) is 0.819. The molecule has 1 fully saturated rings. The Bertz CT molecular complexity index is 262. The van der Waals surface area contributed by atoms with Crippen molar-refractivity contribution in [3.8, 4) is 0 Å². The SMILES string of the molecule is CC(CC1CCCC1)C(O)(C(F)(F)F)C(F)(F)F. The van der Waals surface area contributed by atoms with E-state index in [0.29, 0.717) is 12.8 Å². The summed E-state index contributed by atoms with van der Waals surface area (Å²) in [6, 6.07) is 0. The Hall–Kier alpha value is -0.460. The van der Waals surface area contributed by atoms with Gasteiger partial charge in [-0.05, 0) is 12.3 Å². The van der Waals surface area contributed by atoms with E-state index in [9.17, 15) is 26.3 Å². The van der Waals surface area contributed by atoms with Gasteiger partial charge in [-0.3, -0.25) is 0 Å². The van der Waals surface area contributed by atoms with E-state index < -0.39 is 23.9 Å². The van der Waals surface area contributed by atoms with Crippen molar-refractivity contribution in [3.05, 3.63) is 0 Å².